The Morgan fingerprint density at radius 1 is 0.486 bits per heavy atom. The van der Waals surface area contributed by atoms with Crippen LogP contribution in [0.1, 0.15) is 0 Å². The molecule has 0 saturated heterocycles. The van der Waals surface area contributed by atoms with Gasteiger partial charge in [0, 0.05) is 11.3 Å². The zero-order valence-electron chi connectivity index (χ0n) is 19.3. The highest BCUT2D eigenvalue weighted by atomic mass is 31.0. The number of hydrogen-bond acceptors (Lipinski definition) is 1. The van der Waals surface area contributed by atoms with Crippen molar-refractivity contribution in [3.63, 3.8) is 0 Å². The molecule has 6 rings (SSSR count). The van der Waals surface area contributed by atoms with E-state index in [1.54, 1.807) is 0 Å². The first-order chi connectivity index (χ1) is 16.8. The van der Waals surface area contributed by atoms with Crippen molar-refractivity contribution in [2.75, 3.05) is 0 Å². The zero-order valence-corrected chi connectivity index (χ0v) is 20.4. The van der Waals surface area contributed by atoms with Crippen LogP contribution in [0.3, 0.4) is 0 Å². The molecule has 0 radical (unpaired) electrons. The highest BCUT2D eigenvalue weighted by molar-refractivity contribution is 7.27. The second-order valence-corrected chi connectivity index (χ2v) is 8.62. The van der Waals surface area contributed by atoms with Crippen molar-refractivity contribution in [3.8, 4) is 28.2 Å². The predicted molar refractivity (Wildman–Crippen MR) is 151 cm³/mol. The van der Waals surface area contributed by atoms with Crippen molar-refractivity contribution in [3.05, 3.63) is 140 Å². The summed E-state index contributed by atoms with van der Waals surface area (Å²) in [5.41, 5.74) is 6.93. The average Bonchev–Trinajstić information content (AvgIpc) is 3.31. The maximum Gasteiger partial charge on any atom is 0.145 e. The molecule has 1 unspecified atom stereocenters. The van der Waals surface area contributed by atoms with Crippen LogP contribution in [0.2, 0.25) is 0 Å². The summed E-state index contributed by atoms with van der Waals surface area (Å²) in [5, 5.41) is 1.18. The summed E-state index contributed by atoms with van der Waals surface area (Å²) in [7, 11) is 2.72. The minimum atomic E-state index is 0. The lowest BCUT2D eigenvalue weighted by Crippen LogP contribution is -1.99. The number of imidazole rings is 1. The van der Waals surface area contributed by atoms with E-state index in [1.807, 2.05) is 36.4 Å². The molecule has 0 saturated carbocycles. The number of hydrogen-bond donors (Lipinski definition) is 0. The Balaban J connectivity index is 0.000000189. The van der Waals surface area contributed by atoms with Gasteiger partial charge in [-0.05, 0) is 40.7 Å². The quantitative estimate of drug-likeness (QED) is 0.263. The first kappa shape index (κ1) is 24.1. The monoisotopic (exact) mass is 474 g/mol. The van der Waals surface area contributed by atoms with Gasteiger partial charge < -0.3 is 5.48 Å². The van der Waals surface area contributed by atoms with Gasteiger partial charge in [-0.15, -0.1) is 9.24 Å². The molecular weight excluding hydrogens is 447 g/mol. The van der Waals surface area contributed by atoms with Crippen LogP contribution in [0.5, 0.6) is 0 Å². The molecule has 1 heterocycles. The molecule has 0 aliphatic rings. The van der Waals surface area contributed by atoms with E-state index in [4.69, 9.17) is 4.98 Å². The maximum absolute atomic E-state index is 4.84. The number of para-hydroxylation sites is 2. The fraction of sp³-hybridized carbons (Fsp3) is 0. The summed E-state index contributed by atoms with van der Waals surface area (Å²) < 4.78 is 2.22. The van der Waals surface area contributed by atoms with Gasteiger partial charge in [0.05, 0.1) is 11.0 Å². The molecular formula is C31H27N2OP. The first-order valence-corrected chi connectivity index (χ1v) is 11.9. The third-order valence-electron chi connectivity index (χ3n) is 5.62. The van der Waals surface area contributed by atoms with E-state index in [-0.39, 0.29) is 5.48 Å². The van der Waals surface area contributed by atoms with Crippen molar-refractivity contribution in [1.29, 1.82) is 0 Å². The van der Waals surface area contributed by atoms with Gasteiger partial charge in [0.1, 0.15) is 5.82 Å². The number of nitrogens with zero attached hydrogens (tertiary/aromatic N) is 2. The molecule has 0 spiro atoms. The van der Waals surface area contributed by atoms with E-state index in [0.29, 0.717) is 0 Å². The van der Waals surface area contributed by atoms with Gasteiger partial charge in [-0.2, -0.15) is 0 Å². The Morgan fingerprint density at radius 2 is 0.943 bits per heavy atom. The number of rotatable bonds is 3. The summed E-state index contributed by atoms with van der Waals surface area (Å²) in [5.74, 6) is 0.971. The highest BCUT2D eigenvalue weighted by Crippen LogP contribution is 2.28. The molecule has 4 heteroatoms. The van der Waals surface area contributed by atoms with Crippen LogP contribution >= 0.6 is 9.24 Å². The Kier molecular flexibility index (Phi) is 7.84. The van der Waals surface area contributed by atoms with E-state index in [1.165, 1.54) is 16.4 Å². The second kappa shape index (κ2) is 11.4. The van der Waals surface area contributed by atoms with Crippen LogP contribution in [-0.4, -0.2) is 15.0 Å². The van der Waals surface area contributed by atoms with E-state index in [0.717, 1.165) is 28.1 Å². The average molecular weight is 475 g/mol. The summed E-state index contributed by atoms with van der Waals surface area (Å²) in [6.45, 7) is 0. The van der Waals surface area contributed by atoms with E-state index in [9.17, 15) is 0 Å². The molecule has 0 aliphatic heterocycles. The lowest BCUT2D eigenvalue weighted by Gasteiger charge is -2.09. The lowest BCUT2D eigenvalue weighted by molar-refractivity contribution is 0.824. The van der Waals surface area contributed by atoms with Crippen LogP contribution in [-0.2, 0) is 0 Å². The number of fused-ring (bicyclic) bond motifs is 1. The zero-order chi connectivity index (χ0) is 23.2. The van der Waals surface area contributed by atoms with Crippen molar-refractivity contribution in [1.82, 2.24) is 9.55 Å². The molecule has 35 heavy (non-hydrogen) atoms. The normalized spacial score (nSPS) is 10.2. The maximum atomic E-state index is 4.84. The third-order valence-corrected chi connectivity index (χ3v) is 6.01. The molecule has 2 N–H and O–H groups in total. The van der Waals surface area contributed by atoms with Gasteiger partial charge in [-0.25, -0.2) is 4.98 Å². The van der Waals surface area contributed by atoms with Gasteiger partial charge in [-0.1, -0.05) is 115 Å². The van der Waals surface area contributed by atoms with Crippen LogP contribution in [0.25, 0.3) is 39.2 Å². The van der Waals surface area contributed by atoms with Gasteiger partial charge in [0.25, 0.3) is 0 Å². The molecule has 1 aromatic heterocycles. The fourth-order valence-electron chi connectivity index (χ4n) is 3.95. The van der Waals surface area contributed by atoms with Crippen molar-refractivity contribution in [2.24, 2.45) is 0 Å². The van der Waals surface area contributed by atoms with Crippen LogP contribution in [0.15, 0.2) is 140 Å². The minimum absolute atomic E-state index is 0. The van der Waals surface area contributed by atoms with Crippen molar-refractivity contribution in [2.45, 2.75) is 0 Å². The number of aromatic nitrogens is 2. The smallest absolute Gasteiger partial charge is 0.145 e. The van der Waals surface area contributed by atoms with Gasteiger partial charge in [0.2, 0.25) is 0 Å². The summed E-state index contributed by atoms with van der Waals surface area (Å²) in [4.78, 5) is 4.84. The largest absolute Gasteiger partial charge is 0.412 e. The van der Waals surface area contributed by atoms with E-state index in [2.05, 4.69) is 117 Å². The standard InChI is InChI=1S/C19H15N2P.C12H10.H2O/c22-16-12-10-15(11-13-16)21-18-9-5-4-8-17(18)20-19(21)14-6-2-1-3-7-14;1-3-7-11(8-4-1)12-9-5-2-6-10-12;/h1-13H,22H2;1-10H;1H2. The molecule has 6 aromatic rings. The molecule has 172 valence electrons. The molecule has 5 aromatic carbocycles. The molecule has 0 fully saturated rings. The number of benzene rings is 5. The second-order valence-electron chi connectivity index (χ2n) is 7.95. The van der Waals surface area contributed by atoms with Crippen molar-refractivity contribution < 1.29 is 5.48 Å². The van der Waals surface area contributed by atoms with E-state index >= 15 is 0 Å². The Bertz CT molecular complexity index is 1440. The third kappa shape index (κ3) is 5.55. The lowest BCUT2D eigenvalue weighted by atomic mass is 10.1. The van der Waals surface area contributed by atoms with Gasteiger partial charge in [0.15, 0.2) is 0 Å². The Hall–Kier alpha value is -4.04. The molecule has 1 atom stereocenters. The minimum Gasteiger partial charge on any atom is -0.412 e. The van der Waals surface area contributed by atoms with Gasteiger partial charge >= 0.3 is 0 Å². The SMILES string of the molecule is O.Pc1ccc(-n2c(-c3ccccc3)nc3ccccc32)cc1.c1ccc(-c2ccccc2)cc1. The van der Waals surface area contributed by atoms with Crippen LogP contribution < -0.4 is 5.30 Å². The molecule has 3 nitrogen and oxygen atoms in total. The predicted octanol–water partition coefficient (Wildman–Crippen LogP) is 6.72. The summed E-state index contributed by atoms with van der Waals surface area (Å²) in [6.07, 6.45) is 0. The van der Waals surface area contributed by atoms with Crippen LogP contribution in [0, 0.1) is 0 Å². The molecule has 0 aliphatic carbocycles. The Morgan fingerprint density at radius 3 is 1.49 bits per heavy atom. The summed E-state index contributed by atoms with van der Waals surface area (Å²) >= 11 is 0. The highest BCUT2D eigenvalue weighted by Gasteiger charge is 2.13. The van der Waals surface area contributed by atoms with Crippen molar-refractivity contribution >= 4 is 25.6 Å². The fourth-order valence-corrected chi connectivity index (χ4v) is 4.15. The molecule has 0 amide bonds. The van der Waals surface area contributed by atoms with E-state index < -0.39 is 0 Å². The van der Waals surface area contributed by atoms with Gasteiger partial charge in [-0.3, -0.25) is 4.57 Å². The first-order valence-electron chi connectivity index (χ1n) is 11.3. The summed E-state index contributed by atoms with van der Waals surface area (Å²) in [6, 6.07) is 47.8. The topological polar surface area (TPSA) is 49.3 Å². The Labute approximate surface area is 208 Å². The van der Waals surface area contributed by atoms with Crippen LogP contribution in [0.4, 0.5) is 0 Å². The molecule has 0 bridgehead atoms.